The molecule has 0 aliphatic rings. The summed E-state index contributed by atoms with van der Waals surface area (Å²) in [7, 11) is 0. The van der Waals surface area contributed by atoms with Crippen molar-refractivity contribution >= 4 is 22.6 Å². The number of nitrogens with two attached hydrogens (primary N) is 1. The lowest BCUT2D eigenvalue weighted by Gasteiger charge is -2.26. The maximum Gasteiger partial charge on any atom is 0.232 e. The molecule has 6 heteroatoms. The summed E-state index contributed by atoms with van der Waals surface area (Å²) in [5, 5.41) is 0. The highest BCUT2D eigenvalue weighted by Crippen LogP contribution is 2.16. The number of rotatable bonds is 6. The van der Waals surface area contributed by atoms with E-state index in [-0.39, 0.29) is 6.04 Å². The normalized spacial score (nSPS) is 14.3. The third-order valence-electron chi connectivity index (χ3n) is 2.44. The van der Waals surface area contributed by atoms with Crippen molar-refractivity contribution in [2.75, 3.05) is 23.7 Å². The van der Waals surface area contributed by atoms with Crippen molar-refractivity contribution in [3.63, 3.8) is 0 Å². The summed E-state index contributed by atoms with van der Waals surface area (Å²) in [5.41, 5.74) is 7.42. The van der Waals surface area contributed by atoms with E-state index in [0.29, 0.717) is 6.54 Å². The Labute approximate surface area is 104 Å². The first kappa shape index (κ1) is 14.0. The fraction of sp³-hybridized carbons (Fsp3) is 0.455. The lowest BCUT2D eigenvalue weighted by Crippen LogP contribution is -2.39. The smallest absolute Gasteiger partial charge is 0.232 e. The minimum atomic E-state index is -1.97. The van der Waals surface area contributed by atoms with Gasteiger partial charge in [-0.2, -0.15) is 0 Å². The second-order valence-corrected chi connectivity index (χ2v) is 4.63. The molecule has 0 radical (unpaired) electrons. The summed E-state index contributed by atoms with van der Waals surface area (Å²) in [5.74, 6) is 0. The van der Waals surface area contributed by atoms with Gasteiger partial charge < -0.3 is 10.6 Å². The van der Waals surface area contributed by atoms with Gasteiger partial charge >= 0.3 is 0 Å². The predicted molar refractivity (Wildman–Crippen MR) is 72.1 cm³/mol. The van der Waals surface area contributed by atoms with Crippen molar-refractivity contribution in [1.29, 1.82) is 0 Å². The largest absolute Gasteiger partial charge is 0.399 e. The highest BCUT2D eigenvalue weighted by Gasteiger charge is 2.10. The zero-order chi connectivity index (χ0) is 12.8. The third kappa shape index (κ3) is 4.72. The fourth-order valence-corrected chi connectivity index (χ4v) is 2.06. The molecule has 0 bridgehead atoms. The van der Waals surface area contributed by atoms with E-state index >= 15 is 0 Å². The lowest BCUT2D eigenvalue weighted by atomic mass is 10.2. The molecule has 0 aliphatic heterocycles. The molecule has 2 unspecified atom stereocenters. The van der Waals surface area contributed by atoms with Crippen LogP contribution in [0.15, 0.2) is 24.3 Å². The Bertz CT molecular complexity index is 369. The number of nitrogen functional groups attached to an aromatic ring is 1. The number of benzene rings is 1. The first-order chi connectivity index (χ1) is 8.02. The summed E-state index contributed by atoms with van der Waals surface area (Å²) in [4.78, 5) is 2.12. The molecule has 4 N–H and O–H groups in total. The average molecular weight is 257 g/mol. The molecule has 17 heavy (non-hydrogen) atoms. The molecule has 5 nitrogen and oxygen atoms in total. The van der Waals surface area contributed by atoms with Crippen LogP contribution in [-0.2, 0) is 11.3 Å². The van der Waals surface area contributed by atoms with E-state index in [2.05, 4.69) is 9.62 Å². The number of anilines is 2. The Hall–Kier alpha value is -1.11. The fourth-order valence-electron chi connectivity index (χ4n) is 1.64. The molecule has 0 amide bonds. The van der Waals surface area contributed by atoms with Crippen LogP contribution in [0, 0.1) is 0 Å². The molecule has 1 aromatic carbocycles. The van der Waals surface area contributed by atoms with E-state index in [0.717, 1.165) is 17.9 Å². The molecule has 1 rings (SSSR count). The Morgan fingerprint density at radius 2 is 2.06 bits per heavy atom. The topological polar surface area (TPSA) is 78.6 Å². The molecule has 0 saturated heterocycles. The van der Waals surface area contributed by atoms with E-state index in [1.54, 1.807) is 0 Å². The number of nitrogens with zero attached hydrogens (tertiary/aromatic N) is 1. The minimum absolute atomic E-state index is 0.0710. The van der Waals surface area contributed by atoms with Gasteiger partial charge in [0.15, 0.2) is 0 Å². The van der Waals surface area contributed by atoms with Gasteiger partial charge in [0, 0.05) is 30.5 Å². The molecule has 1 aromatic rings. The quantitative estimate of drug-likeness (QED) is 0.529. The highest BCUT2D eigenvalue weighted by atomic mass is 32.2. The van der Waals surface area contributed by atoms with Crippen molar-refractivity contribution in [2.45, 2.75) is 19.9 Å². The van der Waals surface area contributed by atoms with Crippen molar-refractivity contribution in [3.8, 4) is 0 Å². The van der Waals surface area contributed by atoms with Crippen molar-refractivity contribution in [3.05, 3.63) is 24.3 Å². The minimum Gasteiger partial charge on any atom is -0.399 e. The second-order valence-electron chi connectivity index (χ2n) is 3.90. The van der Waals surface area contributed by atoms with E-state index in [1.807, 2.05) is 38.1 Å². The van der Waals surface area contributed by atoms with Gasteiger partial charge in [0.05, 0.1) is 0 Å². The molecule has 0 spiro atoms. The van der Waals surface area contributed by atoms with Gasteiger partial charge in [0.25, 0.3) is 0 Å². The van der Waals surface area contributed by atoms with E-state index in [4.69, 9.17) is 10.3 Å². The van der Waals surface area contributed by atoms with Crippen molar-refractivity contribution in [2.24, 2.45) is 0 Å². The third-order valence-corrected chi connectivity index (χ3v) is 3.04. The number of hydrogen-bond acceptors (Lipinski definition) is 3. The van der Waals surface area contributed by atoms with Crippen LogP contribution in [0.3, 0.4) is 0 Å². The van der Waals surface area contributed by atoms with Gasteiger partial charge in [0.2, 0.25) is 11.3 Å². The molecular weight excluding hydrogens is 238 g/mol. The van der Waals surface area contributed by atoms with Crippen LogP contribution >= 0.6 is 0 Å². The molecule has 0 fully saturated rings. The monoisotopic (exact) mass is 257 g/mol. The maximum absolute atomic E-state index is 10.6. The first-order valence-corrected chi connectivity index (χ1v) is 6.61. The SMILES string of the molecule is CCN(CC(C)NS(=O)O)c1ccc(N)cc1. The summed E-state index contributed by atoms with van der Waals surface area (Å²) in [6.07, 6.45) is 0. The molecular formula is C11H19N3O2S. The van der Waals surface area contributed by atoms with Crippen LogP contribution in [0.25, 0.3) is 0 Å². The Morgan fingerprint density at radius 1 is 1.47 bits per heavy atom. The number of hydrogen-bond donors (Lipinski definition) is 3. The molecule has 0 heterocycles. The van der Waals surface area contributed by atoms with E-state index in [9.17, 15) is 4.21 Å². The summed E-state index contributed by atoms with van der Waals surface area (Å²) in [6, 6.07) is 7.52. The van der Waals surface area contributed by atoms with E-state index in [1.165, 1.54) is 0 Å². The molecule has 0 aromatic heterocycles. The zero-order valence-electron chi connectivity index (χ0n) is 10.1. The van der Waals surface area contributed by atoms with Crippen LogP contribution in [0.2, 0.25) is 0 Å². The van der Waals surface area contributed by atoms with Gasteiger partial charge in [-0.3, -0.25) is 4.55 Å². The molecule has 0 aliphatic carbocycles. The van der Waals surface area contributed by atoms with E-state index < -0.39 is 11.3 Å². The number of likely N-dealkylation sites (N-methyl/N-ethyl adjacent to an activating group) is 1. The van der Waals surface area contributed by atoms with Crippen LogP contribution in [0.5, 0.6) is 0 Å². The maximum atomic E-state index is 10.6. The van der Waals surface area contributed by atoms with Crippen molar-refractivity contribution in [1.82, 2.24) is 4.72 Å². The molecule has 96 valence electrons. The van der Waals surface area contributed by atoms with Crippen molar-refractivity contribution < 1.29 is 8.76 Å². The highest BCUT2D eigenvalue weighted by molar-refractivity contribution is 7.77. The summed E-state index contributed by atoms with van der Waals surface area (Å²) in [6.45, 7) is 5.40. The lowest BCUT2D eigenvalue weighted by molar-refractivity contribution is 0.528. The molecule has 0 saturated carbocycles. The molecule has 2 atom stereocenters. The van der Waals surface area contributed by atoms with Crippen LogP contribution in [0.1, 0.15) is 13.8 Å². The van der Waals surface area contributed by atoms with Gasteiger partial charge in [-0.1, -0.05) is 0 Å². The van der Waals surface area contributed by atoms with Gasteiger partial charge in [0.1, 0.15) is 0 Å². The first-order valence-electron chi connectivity index (χ1n) is 5.50. The summed E-state index contributed by atoms with van der Waals surface area (Å²) < 4.78 is 21.9. The second kappa shape index (κ2) is 6.58. The Kier molecular flexibility index (Phi) is 5.40. The predicted octanol–water partition coefficient (Wildman–Crippen LogP) is 1.21. The number of nitrogens with one attached hydrogen (secondary N) is 1. The Morgan fingerprint density at radius 3 is 2.53 bits per heavy atom. The van der Waals surface area contributed by atoms with Crippen LogP contribution < -0.4 is 15.4 Å². The van der Waals surface area contributed by atoms with Gasteiger partial charge in [-0.15, -0.1) is 0 Å². The van der Waals surface area contributed by atoms with Gasteiger partial charge in [-0.05, 0) is 38.1 Å². The van der Waals surface area contributed by atoms with Crippen LogP contribution in [0.4, 0.5) is 11.4 Å². The zero-order valence-corrected chi connectivity index (χ0v) is 10.9. The standard InChI is InChI=1S/C11H19N3O2S/c1-3-14(8-9(2)13-17(15)16)11-6-4-10(12)5-7-11/h4-7,9,13H,3,8,12H2,1-2H3,(H,15,16). The Balaban J connectivity index is 2.65. The average Bonchev–Trinajstić information content (AvgIpc) is 2.26. The van der Waals surface area contributed by atoms with Crippen LogP contribution in [-0.4, -0.2) is 27.9 Å². The summed E-state index contributed by atoms with van der Waals surface area (Å²) >= 11 is -1.97. The van der Waals surface area contributed by atoms with Gasteiger partial charge in [-0.25, -0.2) is 8.93 Å².